The van der Waals surface area contributed by atoms with Crippen LogP contribution in [0.1, 0.15) is 18.1 Å². The summed E-state index contributed by atoms with van der Waals surface area (Å²) in [5.74, 6) is -1.43. The third-order valence-electron chi connectivity index (χ3n) is 3.22. The predicted molar refractivity (Wildman–Crippen MR) is 85.2 cm³/mol. The fourth-order valence-corrected chi connectivity index (χ4v) is 2.07. The second-order valence-electron chi connectivity index (χ2n) is 5.02. The van der Waals surface area contributed by atoms with Crippen LogP contribution in [0.3, 0.4) is 0 Å². The monoisotopic (exact) mass is 333 g/mol. The zero-order chi connectivity index (χ0) is 17.7. The summed E-state index contributed by atoms with van der Waals surface area (Å²) in [6, 6.07) is 13.2. The van der Waals surface area contributed by atoms with Crippen molar-refractivity contribution in [3.8, 4) is 0 Å². The number of halogens is 3. The van der Waals surface area contributed by atoms with Crippen LogP contribution in [0.4, 0.5) is 18.9 Å². The van der Waals surface area contributed by atoms with E-state index < -0.39 is 29.1 Å². The number of para-hydroxylation sites is 1. The number of ketones is 1. The van der Waals surface area contributed by atoms with Crippen LogP contribution in [-0.4, -0.2) is 11.7 Å². The van der Waals surface area contributed by atoms with Crippen molar-refractivity contribution in [1.29, 1.82) is 0 Å². The summed E-state index contributed by atoms with van der Waals surface area (Å²) in [7, 11) is 0. The third-order valence-corrected chi connectivity index (χ3v) is 3.22. The number of alkyl halides is 3. The first-order chi connectivity index (χ1) is 11.3. The zero-order valence-electron chi connectivity index (χ0n) is 12.7. The molecule has 1 amide bonds. The minimum Gasteiger partial charge on any atom is -0.321 e. The van der Waals surface area contributed by atoms with Crippen molar-refractivity contribution < 1.29 is 22.8 Å². The molecule has 1 N–H and O–H groups in total. The molecule has 2 aromatic carbocycles. The first kappa shape index (κ1) is 17.5. The third kappa shape index (κ3) is 4.32. The Morgan fingerprint density at radius 3 is 2.12 bits per heavy atom. The largest absolute Gasteiger partial charge is 0.418 e. The molecule has 0 aliphatic carbocycles. The standard InChI is InChI=1S/C18H14F3NO2/c1-12(23)14(11-13-7-3-2-4-8-13)17(24)22-16-10-6-5-9-15(16)18(19,20)21/h2-11H,1H3,(H,22,24)/b14-11+. The normalized spacial score (nSPS) is 11.9. The highest BCUT2D eigenvalue weighted by atomic mass is 19.4. The van der Waals surface area contributed by atoms with E-state index in [1.54, 1.807) is 30.3 Å². The number of benzene rings is 2. The first-order valence-corrected chi connectivity index (χ1v) is 7.04. The molecule has 2 aromatic rings. The topological polar surface area (TPSA) is 46.2 Å². The molecule has 124 valence electrons. The lowest BCUT2D eigenvalue weighted by Crippen LogP contribution is -2.21. The molecule has 3 nitrogen and oxygen atoms in total. The van der Waals surface area contributed by atoms with E-state index in [1.165, 1.54) is 25.1 Å². The quantitative estimate of drug-likeness (QED) is 0.515. The molecular formula is C18H14F3NO2. The van der Waals surface area contributed by atoms with Crippen molar-refractivity contribution in [2.24, 2.45) is 0 Å². The first-order valence-electron chi connectivity index (χ1n) is 7.04. The summed E-state index contributed by atoms with van der Waals surface area (Å²) >= 11 is 0. The highest BCUT2D eigenvalue weighted by Gasteiger charge is 2.33. The van der Waals surface area contributed by atoms with E-state index in [4.69, 9.17) is 0 Å². The number of Topliss-reactive ketones (excluding diaryl/α,β-unsaturated/α-hetero) is 1. The minimum atomic E-state index is -4.61. The maximum atomic E-state index is 13.0. The average Bonchev–Trinajstić information content (AvgIpc) is 2.52. The molecule has 0 unspecified atom stereocenters. The van der Waals surface area contributed by atoms with Crippen molar-refractivity contribution in [2.75, 3.05) is 5.32 Å². The van der Waals surface area contributed by atoms with Gasteiger partial charge in [-0.05, 0) is 30.7 Å². The molecule has 0 fully saturated rings. The summed E-state index contributed by atoms with van der Waals surface area (Å²) in [5, 5.41) is 2.17. The van der Waals surface area contributed by atoms with E-state index in [9.17, 15) is 22.8 Å². The highest BCUT2D eigenvalue weighted by Crippen LogP contribution is 2.34. The molecule has 0 bridgehead atoms. The van der Waals surface area contributed by atoms with Gasteiger partial charge >= 0.3 is 6.18 Å². The van der Waals surface area contributed by atoms with Gasteiger partial charge < -0.3 is 5.32 Å². The number of carbonyl (C=O) groups is 2. The van der Waals surface area contributed by atoms with Gasteiger partial charge in [0.25, 0.3) is 5.91 Å². The van der Waals surface area contributed by atoms with Gasteiger partial charge in [0.1, 0.15) is 0 Å². The molecule has 0 aromatic heterocycles. The Bertz CT molecular complexity index is 780. The smallest absolute Gasteiger partial charge is 0.321 e. The second kappa shape index (κ2) is 7.12. The summed E-state index contributed by atoms with van der Waals surface area (Å²) in [6.07, 6.45) is -3.27. The van der Waals surface area contributed by atoms with E-state index in [-0.39, 0.29) is 5.57 Å². The van der Waals surface area contributed by atoms with Crippen LogP contribution >= 0.6 is 0 Å². The Kier molecular flexibility index (Phi) is 5.18. The number of amides is 1. The number of hydrogen-bond acceptors (Lipinski definition) is 2. The Labute approximate surface area is 136 Å². The number of nitrogens with one attached hydrogen (secondary N) is 1. The van der Waals surface area contributed by atoms with E-state index in [2.05, 4.69) is 5.32 Å². The molecule has 24 heavy (non-hydrogen) atoms. The molecule has 0 saturated heterocycles. The van der Waals surface area contributed by atoms with Crippen molar-refractivity contribution >= 4 is 23.5 Å². The summed E-state index contributed by atoms with van der Waals surface area (Å²) < 4.78 is 38.9. The van der Waals surface area contributed by atoms with Gasteiger partial charge in [0.15, 0.2) is 5.78 Å². The Morgan fingerprint density at radius 2 is 1.54 bits per heavy atom. The van der Waals surface area contributed by atoms with E-state index in [0.717, 1.165) is 12.1 Å². The lowest BCUT2D eigenvalue weighted by atomic mass is 10.1. The van der Waals surface area contributed by atoms with Gasteiger partial charge in [-0.3, -0.25) is 9.59 Å². The van der Waals surface area contributed by atoms with Crippen molar-refractivity contribution in [3.63, 3.8) is 0 Å². The van der Waals surface area contributed by atoms with Crippen molar-refractivity contribution in [1.82, 2.24) is 0 Å². The predicted octanol–water partition coefficient (Wildman–Crippen LogP) is 4.32. The van der Waals surface area contributed by atoms with Crippen LogP contribution in [0, 0.1) is 0 Å². The molecule has 0 aliphatic rings. The number of hydrogen-bond donors (Lipinski definition) is 1. The van der Waals surface area contributed by atoms with Gasteiger partial charge in [-0.1, -0.05) is 42.5 Å². The molecule has 2 rings (SSSR count). The Morgan fingerprint density at radius 1 is 0.958 bits per heavy atom. The van der Waals surface area contributed by atoms with Crippen molar-refractivity contribution in [2.45, 2.75) is 13.1 Å². The SMILES string of the molecule is CC(=O)/C(=C\c1ccccc1)C(=O)Nc1ccccc1C(F)(F)F. The van der Waals surface area contributed by atoms with Crippen molar-refractivity contribution in [3.05, 3.63) is 71.3 Å². The maximum absolute atomic E-state index is 13.0. The molecule has 6 heteroatoms. The van der Waals surface area contributed by atoms with Crippen LogP contribution in [0.15, 0.2) is 60.2 Å². The molecule has 0 atom stereocenters. The highest BCUT2D eigenvalue weighted by molar-refractivity contribution is 6.25. The van der Waals surface area contributed by atoms with Crippen LogP contribution in [0.5, 0.6) is 0 Å². The fraction of sp³-hybridized carbons (Fsp3) is 0.111. The Hall–Kier alpha value is -2.89. The molecule has 0 heterocycles. The van der Waals surface area contributed by atoms with Gasteiger partial charge in [-0.2, -0.15) is 13.2 Å². The summed E-state index contributed by atoms with van der Waals surface area (Å²) in [4.78, 5) is 24.0. The summed E-state index contributed by atoms with van der Waals surface area (Å²) in [5.41, 5.74) is -0.990. The van der Waals surface area contributed by atoms with Gasteiger partial charge in [0.05, 0.1) is 16.8 Å². The molecular weight excluding hydrogens is 319 g/mol. The van der Waals surface area contributed by atoms with Crippen LogP contribution in [0.2, 0.25) is 0 Å². The molecule has 0 saturated carbocycles. The molecule has 0 aliphatic heterocycles. The maximum Gasteiger partial charge on any atom is 0.418 e. The van der Waals surface area contributed by atoms with Gasteiger partial charge in [0.2, 0.25) is 0 Å². The molecule has 0 spiro atoms. The fourth-order valence-electron chi connectivity index (χ4n) is 2.07. The summed E-state index contributed by atoms with van der Waals surface area (Å²) in [6.45, 7) is 1.18. The lowest BCUT2D eigenvalue weighted by molar-refractivity contribution is -0.137. The number of anilines is 1. The van der Waals surface area contributed by atoms with E-state index >= 15 is 0 Å². The van der Waals surface area contributed by atoms with E-state index in [1.807, 2.05) is 0 Å². The van der Waals surface area contributed by atoms with Gasteiger partial charge in [-0.15, -0.1) is 0 Å². The average molecular weight is 333 g/mol. The molecule has 0 radical (unpaired) electrons. The Balaban J connectivity index is 2.34. The minimum absolute atomic E-state index is 0.224. The van der Waals surface area contributed by atoms with Gasteiger partial charge in [0, 0.05) is 0 Å². The van der Waals surface area contributed by atoms with Crippen LogP contribution < -0.4 is 5.32 Å². The zero-order valence-corrected chi connectivity index (χ0v) is 12.7. The van der Waals surface area contributed by atoms with Crippen LogP contribution in [0.25, 0.3) is 6.08 Å². The lowest BCUT2D eigenvalue weighted by Gasteiger charge is -2.14. The second-order valence-corrected chi connectivity index (χ2v) is 5.02. The number of carbonyl (C=O) groups excluding carboxylic acids is 2. The van der Waals surface area contributed by atoms with Crippen LogP contribution in [-0.2, 0) is 15.8 Å². The van der Waals surface area contributed by atoms with Gasteiger partial charge in [-0.25, -0.2) is 0 Å². The van der Waals surface area contributed by atoms with E-state index in [0.29, 0.717) is 5.56 Å². The number of rotatable bonds is 4.